The normalized spacial score (nSPS) is 10.8. The minimum atomic E-state index is -0.345. The number of ether oxygens (including phenoxy) is 1. The van der Waals surface area contributed by atoms with E-state index in [0.717, 1.165) is 10.0 Å². The Morgan fingerprint density at radius 3 is 2.47 bits per heavy atom. The second kappa shape index (κ2) is 11.1. The van der Waals surface area contributed by atoms with Gasteiger partial charge in [-0.1, -0.05) is 45.2 Å². The fraction of sp³-hybridized carbons (Fsp3) is 0.0870. The third kappa shape index (κ3) is 6.82. The van der Waals surface area contributed by atoms with E-state index in [1.54, 1.807) is 54.6 Å². The van der Waals surface area contributed by atoms with Crippen molar-refractivity contribution < 1.29 is 14.3 Å². The first-order valence-corrected chi connectivity index (χ1v) is 10.9. The number of nitrogens with zero attached hydrogens (tertiary/aromatic N) is 1. The highest BCUT2D eigenvalue weighted by molar-refractivity contribution is 9.10. The van der Waals surface area contributed by atoms with Crippen LogP contribution in [0.4, 0.5) is 5.69 Å². The second-order valence-electron chi connectivity index (χ2n) is 6.70. The monoisotopic (exact) mass is 533 g/mol. The van der Waals surface area contributed by atoms with E-state index in [1.807, 2.05) is 13.0 Å². The molecule has 32 heavy (non-hydrogen) atoms. The molecule has 164 valence electrons. The number of benzene rings is 3. The third-order valence-electron chi connectivity index (χ3n) is 4.26. The Kier molecular flexibility index (Phi) is 8.27. The molecule has 2 amide bonds. The summed E-state index contributed by atoms with van der Waals surface area (Å²) < 4.78 is 6.38. The molecule has 0 spiro atoms. The second-order valence-corrected chi connectivity index (χ2v) is 8.43. The molecule has 0 aliphatic rings. The molecule has 9 heteroatoms. The van der Waals surface area contributed by atoms with Crippen LogP contribution in [0.2, 0.25) is 10.0 Å². The average molecular weight is 535 g/mol. The zero-order valence-corrected chi connectivity index (χ0v) is 20.0. The first kappa shape index (κ1) is 23.8. The smallest absolute Gasteiger partial charge is 0.271 e. The summed E-state index contributed by atoms with van der Waals surface area (Å²) in [4.78, 5) is 24.2. The lowest BCUT2D eigenvalue weighted by Crippen LogP contribution is -2.20. The minimum absolute atomic E-state index is 0.220. The lowest BCUT2D eigenvalue weighted by atomic mass is 10.2. The molecule has 3 aromatic rings. The molecule has 0 unspecified atom stereocenters. The maximum absolute atomic E-state index is 12.1. The number of anilines is 1. The van der Waals surface area contributed by atoms with E-state index in [2.05, 4.69) is 31.8 Å². The van der Waals surface area contributed by atoms with Crippen LogP contribution in [0.1, 0.15) is 21.5 Å². The number of hydrogen-bond acceptors (Lipinski definition) is 4. The predicted molar refractivity (Wildman–Crippen MR) is 131 cm³/mol. The van der Waals surface area contributed by atoms with Crippen LogP contribution in [-0.4, -0.2) is 24.6 Å². The van der Waals surface area contributed by atoms with E-state index in [0.29, 0.717) is 32.6 Å². The first-order chi connectivity index (χ1) is 15.3. The Morgan fingerprint density at radius 1 is 1.03 bits per heavy atom. The number of hydrazone groups is 1. The van der Waals surface area contributed by atoms with Gasteiger partial charge in [-0.25, -0.2) is 5.43 Å². The van der Waals surface area contributed by atoms with Crippen LogP contribution in [0.5, 0.6) is 5.75 Å². The fourth-order valence-corrected chi connectivity index (χ4v) is 3.25. The Labute approximate surface area is 203 Å². The maximum Gasteiger partial charge on any atom is 0.271 e. The highest BCUT2D eigenvalue weighted by Gasteiger charge is 2.08. The van der Waals surface area contributed by atoms with E-state index in [4.69, 9.17) is 27.9 Å². The van der Waals surface area contributed by atoms with Crippen molar-refractivity contribution in [2.45, 2.75) is 6.92 Å². The van der Waals surface area contributed by atoms with Gasteiger partial charge in [0.2, 0.25) is 0 Å². The Morgan fingerprint density at radius 2 is 1.78 bits per heavy atom. The number of halogens is 3. The van der Waals surface area contributed by atoms with Gasteiger partial charge >= 0.3 is 0 Å². The zero-order valence-electron chi connectivity index (χ0n) is 16.9. The van der Waals surface area contributed by atoms with Gasteiger partial charge in [0, 0.05) is 20.7 Å². The summed E-state index contributed by atoms with van der Waals surface area (Å²) in [7, 11) is 0. The van der Waals surface area contributed by atoms with Crippen molar-refractivity contribution in [2.24, 2.45) is 5.10 Å². The van der Waals surface area contributed by atoms with Crippen LogP contribution in [0, 0.1) is 6.92 Å². The van der Waals surface area contributed by atoms with Crippen LogP contribution >= 0.6 is 39.1 Å². The molecule has 0 saturated heterocycles. The molecule has 0 aliphatic carbocycles. The zero-order chi connectivity index (χ0) is 23.1. The van der Waals surface area contributed by atoms with Crippen molar-refractivity contribution in [2.75, 3.05) is 11.9 Å². The maximum atomic E-state index is 12.1. The average Bonchev–Trinajstić information content (AvgIpc) is 2.76. The van der Waals surface area contributed by atoms with Crippen LogP contribution < -0.4 is 15.5 Å². The lowest BCUT2D eigenvalue weighted by Gasteiger charge is -2.10. The van der Waals surface area contributed by atoms with Crippen LogP contribution in [0.15, 0.2) is 70.2 Å². The van der Waals surface area contributed by atoms with Gasteiger partial charge in [-0.2, -0.15) is 5.10 Å². The third-order valence-corrected chi connectivity index (χ3v) is 5.49. The molecule has 0 radical (unpaired) electrons. The van der Waals surface area contributed by atoms with Crippen LogP contribution in [0.3, 0.4) is 0 Å². The Balaban J connectivity index is 1.52. The molecular weight excluding hydrogens is 517 g/mol. The molecule has 0 saturated carbocycles. The van der Waals surface area contributed by atoms with Gasteiger partial charge in [0.05, 0.1) is 11.2 Å². The summed E-state index contributed by atoms with van der Waals surface area (Å²) in [6.07, 6.45) is 1.46. The van der Waals surface area contributed by atoms with Crippen molar-refractivity contribution >= 4 is 62.8 Å². The lowest BCUT2D eigenvalue weighted by molar-refractivity contribution is -0.118. The van der Waals surface area contributed by atoms with Gasteiger partial charge in [-0.15, -0.1) is 0 Å². The summed E-state index contributed by atoms with van der Waals surface area (Å²) in [5, 5.41) is 7.52. The molecular formula is C23H18BrCl2N3O3. The van der Waals surface area contributed by atoms with Crippen molar-refractivity contribution in [1.82, 2.24) is 5.43 Å². The summed E-state index contributed by atoms with van der Waals surface area (Å²) in [5.41, 5.74) is 5.09. The van der Waals surface area contributed by atoms with Crippen molar-refractivity contribution in [1.29, 1.82) is 0 Å². The standard InChI is InChI=1S/C23H18BrCl2N3O3/c1-14-2-8-18(11-19(14)25)28-22(30)13-32-21-9-3-15(10-20(21)26)12-27-29-23(31)16-4-6-17(24)7-5-16/h2-12H,13H2,1H3,(H,28,30)(H,29,31)/b27-12+. The molecule has 2 N–H and O–H groups in total. The molecule has 0 fully saturated rings. The molecule has 6 nitrogen and oxygen atoms in total. The Hall–Kier alpha value is -2.87. The van der Waals surface area contributed by atoms with Gasteiger partial charge in [0.25, 0.3) is 11.8 Å². The first-order valence-electron chi connectivity index (χ1n) is 9.39. The van der Waals surface area contributed by atoms with Crippen LogP contribution in [-0.2, 0) is 4.79 Å². The SMILES string of the molecule is Cc1ccc(NC(=O)COc2ccc(/C=N/NC(=O)c3ccc(Br)cc3)cc2Cl)cc1Cl. The van der Waals surface area contributed by atoms with Crippen molar-refractivity contribution in [3.63, 3.8) is 0 Å². The van der Waals surface area contributed by atoms with Gasteiger partial charge in [-0.05, 0) is 72.6 Å². The van der Waals surface area contributed by atoms with Crippen molar-refractivity contribution in [3.05, 3.63) is 91.9 Å². The summed E-state index contributed by atoms with van der Waals surface area (Å²) in [6, 6.07) is 17.1. The largest absolute Gasteiger partial charge is 0.482 e. The summed E-state index contributed by atoms with van der Waals surface area (Å²) in [5.74, 6) is -0.331. The van der Waals surface area contributed by atoms with Gasteiger partial charge in [-0.3, -0.25) is 9.59 Å². The number of rotatable bonds is 7. The fourth-order valence-electron chi connectivity index (χ4n) is 2.56. The molecule has 0 atom stereocenters. The topological polar surface area (TPSA) is 79.8 Å². The van der Waals surface area contributed by atoms with E-state index in [-0.39, 0.29) is 18.4 Å². The Bertz CT molecular complexity index is 1170. The molecule has 0 aromatic heterocycles. The predicted octanol–water partition coefficient (Wildman–Crippen LogP) is 5.85. The molecule has 0 bridgehead atoms. The molecule has 0 aliphatic heterocycles. The summed E-state index contributed by atoms with van der Waals surface area (Å²) in [6.45, 7) is 1.66. The highest BCUT2D eigenvalue weighted by atomic mass is 79.9. The number of nitrogens with one attached hydrogen (secondary N) is 2. The molecule has 3 aromatic carbocycles. The highest BCUT2D eigenvalue weighted by Crippen LogP contribution is 2.25. The van der Waals surface area contributed by atoms with Crippen molar-refractivity contribution in [3.8, 4) is 5.75 Å². The van der Waals surface area contributed by atoms with E-state index >= 15 is 0 Å². The number of carbonyl (C=O) groups is 2. The number of aryl methyl sites for hydroxylation is 1. The van der Waals surface area contributed by atoms with E-state index in [1.165, 1.54) is 6.21 Å². The van der Waals surface area contributed by atoms with Gasteiger partial charge in [0.15, 0.2) is 6.61 Å². The quantitative estimate of drug-likeness (QED) is 0.295. The minimum Gasteiger partial charge on any atom is -0.482 e. The molecule has 3 rings (SSSR count). The van der Waals surface area contributed by atoms with E-state index < -0.39 is 0 Å². The number of carbonyl (C=O) groups excluding carboxylic acids is 2. The number of amides is 2. The van der Waals surface area contributed by atoms with E-state index in [9.17, 15) is 9.59 Å². The number of hydrogen-bond donors (Lipinski definition) is 2. The van der Waals surface area contributed by atoms with Crippen LogP contribution in [0.25, 0.3) is 0 Å². The van der Waals surface area contributed by atoms with Gasteiger partial charge in [0.1, 0.15) is 5.75 Å². The van der Waals surface area contributed by atoms with Gasteiger partial charge < -0.3 is 10.1 Å². The molecule has 0 heterocycles. The summed E-state index contributed by atoms with van der Waals surface area (Å²) >= 11 is 15.6.